The highest BCUT2D eigenvalue weighted by atomic mass is 35.5. The monoisotopic (exact) mass is 528 g/mol. The molecule has 196 valence electrons. The van der Waals surface area contributed by atoms with Gasteiger partial charge in [-0.15, -0.1) is 0 Å². The van der Waals surface area contributed by atoms with E-state index < -0.39 is 0 Å². The van der Waals surface area contributed by atoms with Gasteiger partial charge in [-0.25, -0.2) is 4.98 Å². The van der Waals surface area contributed by atoms with Gasteiger partial charge in [0.2, 0.25) is 0 Å². The lowest BCUT2D eigenvalue weighted by molar-refractivity contribution is 0.269. The summed E-state index contributed by atoms with van der Waals surface area (Å²) in [5.74, 6) is 1.44. The molecule has 1 N–H and O–H groups in total. The third-order valence-corrected chi connectivity index (χ3v) is 8.91. The molecule has 2 aromatic heterocycles. The van der Waals surface area contributed by atoms with Crippen LogP contribution in [-0.2, 0) is 19.5 Å². The Balaban J connectivity index is 1.21. The van der Waals surface area contributed by atoms with Gasteiger partial charge in [-0.3, -0.25) is 0 Å². The zero-order chi connectivity index (χ0) is 25.6. The molecule has 0 aliphatic carbocycles. The first-order valence-corrected chi connectivity index (χ1v) is 14.2. The minimum atomic E-state index is 0.460. The van der Waals surface area contributed by atoms with Crippen molar-refractivity contribution in [3.05, 3.63) is 76.6 Å². The minimum Gasteiger partial charge on any atom is -0.462 e. The van der Waals surface area contributed by atoms with Gasteiger partial charge in [0.15, 0.2) is 0 Å². The van der Waals surface area contributed by atoms with Crippen molar-refractivity contribution in [3.63, 3.8) is 0 Å². The average molecular weight is 529 g/mol. The quantitative estimate of drug-likeness (QED) is 0.360. The fraction of sp³-hybridized carbons (Fsp3) is 0.433. The second kappa shape index (κ2) is 9.86. The Hall–Kier alpha value is -3.16. The molecule has 3 aliphatic rings. The van der Waals surface area contributed by atoms with Crippen LogP contribution >= 0.6 is 11.6 Å². The van der Waals surface area contributed by atoms with E-state index in [1.165, 1.54) is 24.1 Å². The van der Waals surface area contributed by atoms with E-state index in [4.69, 9.17) is 26.3 Å². The van der Waals surface area contributed by atoms with Gasteiger partial charge in [0, 0.05) is 48.0 Å². The van der Waals surface area contributed by atoms with Crippen LogP contribution in [0.2, 0.25) is 5.02 Å². The number of halogens is 1. The number of benzene rings is 2. The molecule has 0 amide bonds. The number of piperidine rings is 1. The van der Waals surface area contributed by atoms with Crippen molar-refractivity contribution in [1.29, 1.82) is 0 Å². The number of nitrogens with one attached hydrogen (secondary N) is 1. The molecule has 3 aliphatic heterocycles. The normalized spacial score (nSPS) is 22.6. The molecule has 3 atom stereocenters. The lowest BCUT2D eigenvalue weighted by Gasteiger charge is -2.35. The lowest BCUT2D eigenvalue weighted by atomic mass is 9.85. The first-order chi connectivity index (χ1) is 18.6. The molecular weight excluding hydrogens is 496 g/mol. The van der Waals surface area contributed by atoms with Crippen LogP contribution in [0.15, 0.2) is 48.8 Å². The first-order valence-electron chi connectivity index (χ1n) is 13.8. The Morgan fingerprint density at radius 3 is 2.68 bits per heavy atom. The van der Waals surface area contributed by atoms with Crippen molar-refractivity contribution in [3.8, 4) is 6.01 Å². The second-order valence-electron chi connectivity index (χ2n) is 10.9. The number of aryl methyl sites for hydroxylation is 1. The Bertz CT molecular complexity index is 1470. The average Bonchev–Trinajstić information content (AvgIpc) is 3.50. The predicted octanol–water partition coefficient (Wildman–Crippen LogP) is 5.43. The van der Waals surface area contributed by atoms with Crippen LogP contribution in [0.25, 0.3) is 10.8 Å². The number of fused-ring (bicyclic) bond motifs is 4. The largest absolute Gasteiger partial charge is 0.462 e. The molecule has 2 aromatic carbocycles. The van der Waals surface area contributed by atoms with Gasteiger partial charge in [0.25, 0.3) is 0 Å². The second-order valence-corrected chi connectivity index (χ2v) is 11.3. The van der Waals surface area contributed by atoms with E-state index in [1.807, 2.05) is 31.5 Å². The number of nitrogens with zero attached hydrogens (tertiary/aromatic N) is 5. The van der Waals surface area contributed by atoms with E-state index in [0.29, 0.717) is 30.6 Å². The van der Waals surface area contributed by atoms with Crippen LogP contribution < -0.4 is 15.0 Å². The molecule has 0 radical (unpaired) electrons. The molecule has 2 fully saturated rings. The highest BCUT2D eigenvalue weighted by Gasteiger charge is 2.37. The predicted molar refractivity (Wildman–Crippen MR) is 150 cm³/mol. The van der Waals surface area contributed by atoms with Crippen LogP contribution in [0, 0.1) is 6.92 Å². The van der Waals surface area contributed by atoms with Gasteiger partial charge in [-0.2, -0.15) is 9.97 Å². The summed E-state index contributed by atoms with van der Waals surface area (Å²) in [6.07, 6.45) is 9.58. The standard InChI is InChI=1S/C30H33ClN6O/c1-19-32-11-13-36(19)14-15-38-30-34-26-18-37(27-7-3-5-20-4-2-6-25(31)28(20)27)12-10-24(26)29(35-30)21-16-22-8-9-23(17-21)33-22/h2-7,11,13,21-23,33H,8-10,12,14-18H2,1H3/t21?,22-,23+. The van der Waals surface area contributed by atoms with Crippen LogP contribution in [0.4, 0.5) is 5.69 Å². The maximum absolute atomic E-state index is 6.69. The van der Waals surface area contributed by atoms with Crippen molar-refractivity contribution < 1.29 is 4.74 Å². The summed E-state index contributed by atoms with van der Waals surface area (Å²) in [6.45, 7) is 4.89. The molecule has 5 heterocycles. The minimum absolute atomic E-state index is 0.460. The molecule has 0 saturated carbocycles. The van der Waals surface area contributed by atoms with Gasteiger partial charge < -0.3 is 19.5 Å². The number of hydrogen-bond acceptors (Lipinski definition) is 6. The van der Waals surface area contributed by atoms with Crippen LogP contribution in [-0.4, -0.2) is 44.8 Å². The number of ether oxygens (including phenoxy) is 1. The molecule has 38 heavy (non-hydrogen) atoms. The van der Waals surface area contributed by atoms with Crippen molar-refractivity contribution in [2.24, 2.45) is 0 Å². The maximum atomic E-state index is 6.69. The highest BCUT2D eigenvalue weighted by Crippen LogP contribution is 2.41. The summed E-state index contributed by atoms with van der Waals surface area (Å²) in [6, 6.07) is 14.3. The van der Waals surface area contributed by atoms with Crippen molar-refractivity contribution in [2.75, 3.05) is 18.1 Å². The molecule has 7 nitrogen and oxygen atoms in total. The van der Waals surface area contributed by atoms with E-state index in [-0.39, 0.29) is 0 Å². The molecule has 1 unspecified atom stereocenters. The van der Waals surface area contributed by atoms with Crippen molar-refractivity contribution in [1.82, 2.24) is 24.8 Å². The zero-order valence-corrected chi connectivity index (χ0v) is 22.5. The fourth-order valence-electron chi connectivity index (χ4n) is 6.74. The van der Waals surface area contributed by atoms with Gasteiger partial charge in [0.1, 0.15) is 12.4 Å². The Morgan fingerprint density at radius 2 is 1.89 bits per heavy atom. The summed E-state index contributed by atoms with van der Waals surface area (Å²) in [5.41, 5.74) is 4.80. The Morgan fingerprint density at radius 1 is 1.08 bits per heavy atom. The molecule has 2 bridgehead atoms. The zero-order valence-electron chi connectivity index (χ0n) is 21.7. The van der Waals surface area contributed by atoms with Gasteiger partial charge in [0.05, 0.1) is 29.5 Å². The van der Waals surface area contributed by atoms with E-state index in [2.05, 4.69) is 44.0 Å². The Labute approximate surface area is 228 Å². The summed E-state index contributed by atoms with van der Waals surface area (Å²) in [4.78, 5) is 16.8. The number of hydrogen-bond donors (Lipinski definition) is 1. The van der Waals surface area contributed by atoms with E-state index >= 15 is 0 Å². The molecule has 0 spiro atoms. The highest BCUT2D eigenvalue weighted by molar-refractivity contribution is 6.36. The van der Waals surface area contributed by atoms with Gasteiger partial charge in [-0.1, -0.05) is 35.9 Å². The lowest BCUT2D eigenvalue weighted by Crippen LogP contribution is -2.38. The fourth-order valence-corrected chi connectivity index (χ4v) is 7.02. The van der Waals surface area contributed by atoms with Crippen LogP contribution in [0.1, 0.15) is 54.4 Å². The molecular formula is C30H33ClN6O. The van der Waals surface area contributed by atoms with Gasteiger partial charge in [-0.05, 0) is 62.1 Å². The summed E-state index contributed by atoms with van der Waals surface area (Å²) >= 11 is 6.69. The summed E-state index contributed by atoms with van der Waals surface area (Å²) in [7, 11) is 0. The van der Waals surface area contributed by atoms with Crippen molar-refractivity contribution in [2.45, 2.75) is 70.1 Å². The van der Waals surface area contributed by atoms with Crippen LogP contribution in [0.5, 0.6) is 6.01 Å². The third-order valence-electron chi connectivity index (χ3n) is 8.60. The smallest absolute Gasteiger partial charge is 0.316 e. The summed E-state index contributed by atoms with van der Waals surface area (Å²) < 4.78 is 8.30. The Kier molecular flexibility index (Phi) is 6.21. The molecule has 7 rings (SSSR count). The van der Waals surface area contributed by atoms with Gasteiger partial charge >= 0.3 is 6.01 Å². The SMILES string of the molecule is Cc1nccn1CCOc1nc2c(c(C3C[C@H]4CC[C@@H](C3)N4)n1)CCN(c1cccc3cccc(Cl)c13)C2. The summed E-state index contributed by atoms with van der Waals surface area (Å²) in [5, 5.41) is 6.84. The maximum Gasteiger partial charge on any atom is 0.316 e. The van der Waals surface area contributed by atoms with Crippen LogP contribution in [0.3, 0.4) is 0 Å². The molecule has 8 heteroatoms. The number of anilines is 1. The molecule has 2 saturated heterocycles. The molecule has 4 aromatic rings. The number of aromatic nitrogens is 4. The van der Waals surface area contributed by atoms with E-state index in [1.54, 1.807) is 0 Å². The number of imidazole rings is 1. The van der Waals surface area contributed by atoms with E-state index in [0.717, 1.165) is 71.9 Å². The third kappa shape index (κ3) is 4.41. The van der Waals surface area contributed by atoms with Crippen molar-refractivity contribution >= 4 is 28.1 Å². The topological polar surface area (TPSA) is 68.1 Å². The first kappa shape index (κ1) is 23.9. The van der Waals surface area contributed by atoms with E-state index in [9.17, 15) is 0 Å². The number of rotatable bonds is 6.